The molecule has 4 aromatic rings. The standard InChI is InChI=1S/C28H29FN4O3/c1-28(2,3)36-27(34)33-14-8-11-19(33)17-35-22-16-30-15-20(29)24(22)26-23(18-9-5-4-6-10-18)25-21(32-26)12-7-13-31-25/h4-7,9-10,12-13,15-16,19,32H,8,11,14,17H2,1-3H3. The van der Waals surface area contributed by atoms with E-state index in [0.717, 1.165) is 35.0 Å². The van der Waals surface area contributed by atoms with Crippen molar-refractivity contribution in [3.63, 3.8) is 0 Å². The van der Waals surface area contributed by atoms with E-state index in [1.54, 1.807) is 11.1 Å². The van der Waals surface area contributed by atoms with E-state index in [2.05, 4.69) is 15.0 Å². The Kier molecular flexibility index (Phi) is 6.35. The summed E-state index contributed by atoms with van der Waals surface area (Å²) in [5, 5.41) is 0. The lowest BCUT2D eigenvalue weighted by Gasteiger charge is -2.28. The third-order valence-electron chi connectivity index (χ3n) is 6.17. The van der Waals surface area contributed by atoms with Gasteiger partial charge in [0.1, 0.15) is 18.0 Å². The first-order chi connectivity index (χ1) is 17.3. The summed E-state index contributed by atoms with van der Waals surface area (Å²) in [6, 6.07) is 13.3. The summed E-state index contributed by atoms with van der Waals surface area (Å²) in [4.78, 5) is 26.3. The van der Waals surface area contributed by atoms with Gasteiger partial charge in [-0.2, -0.15) is 0 Å². The number of pyridine rings is 2. The number of amides is 1. The third kappa shape index (κ3) is 4.76. The first-order valence-electron chi connectivity index (χ1n) is 12.1. The van der Waals surface area contributed by atoms with Crippen molar-refractivity contribution in [2.45, 2.75) is 45.3 Å². The van der Waals surface area contributed by atoms with Gasteiger partial charge in [0.25, 0.3) is 0 Å². The van der Waals surface area contributed by atoms with Gasteiger partial charge in [-0.1, -0.05) is 30.3 Å². The molecule has 1 aromatic carbocycles. The quantitative estimate of drug-likeness (QED) is 0.361. The number of carbonyl (C=O) groups excluding carboxylic acids is 1. The van der Waals surface area contributed by atoms with Crippen molar-refractivity contribution in [2.24, 2.45) is 0 Å². The molecular weight excluding hydrogens is 459 g/mol. The SMILES string of the molecule is CC(C)(C)OC(=O)N1CCCC1COc1cncc(F)c1-c1[nH]c2cccnc2c1-c1ccccc1. The molecule has 1 atom stereocenters. The molecule has 0 spiro atoms. The Bertz CT molecular complexity index is 1380. The van der Waals surface area contributed by atoms with Crippen LogP contribution in [0.15, 0.2) is 61.1 Å². The first-order valence-corrected chi connectivity index (χ1v) is 12.1. The number of nitrogens with one attached hydrogen (secondary N) is 1. The lowest BCUT2D eigenvalue weighted by Crippen LogP contribution is -2.42. The maximum absolute atomic E-state index is 15.4. The van der Waals surface area contributed by atoms with Gasteiger partial charge in [-0.25, -0.2) is 9.18 Å². The Hall–Kier alpha value is -3.94. The summed E-state index contributed by atoms with van der Waals surface area (Å²) >= 11 is 0. The molecular formula is C28H29FN4O3. The van der Waals surface area contributed by atoms with Crippen LogP contribution >= 0.6 is 0 Å². The number of rotatable bonds is 5. The van der Waals surface area contributed by atoms with Crippen LogP contribution in [-0.4, -0.2) is 50.7 Å². The van der Waals surface area contributed by atoms with E-state index in [0.29, 0.717) is 18.0 Å². The van der Waals surface area contributed by atoms with Crippen molar-refractivity contribution < 1.29 is 18.7 Å². The molecule has 8 heteroatoms. The fourth-order valence-electron chi connectivity index (χ4n) is 4.62. The van der Waals surface area contributed by atoms with Gasteiger partial charge in [0.15, 0.2) is 5.82 Å². The molecule has 3 aromatic heterocycles. The molecule has 0 aliphatic carbocycles. The van der Waals surface area contributed by atoms with Crippen LogP contribution in [0.3, 0.4) is 0 Å². The number of ether oxygens (including phenoxy) is 2. The summed E-state index contributed by atoms with van der Waals surface area (Å²) in [6.07, 6.45) is 5.69. The van der Waals surface area contributed by atoms with Crippen LogP contribution in [0.5, 0.6) is 5.75 Å². The van der Waals surface area contributed by atoms with Gasteiger partial charge in [-0.05, 0) is 51.3 Å². The number of aromatic nitrogens is 3. The maximum atomic E-state index is 15.4. The Morgan fingerprint density at radius 1 is 1.14 bits per heavy atom. The van der Waals surface area contributed by atoms with Gasteiger partial charge < -0.3 is 19.4 Å². The lowest BCUT2D eigenvalue weighted by molar-refractivity contribution is 0.0187. The summed E-state index contributed by atoms with van der Waals surface area (Å²) in [5.74, 6) is -0.207. The molecule has 5 rings (SSSR count). The molecule has 36 heavy (non-hydrogen) atoms. The molecule has 1 saturated heterocycles. The molecule has 186 valence electrons. The number of fused-ring (bicyclic) bond motifs is 1. The Morgan fingerprint density at radius 2 is 1.94 bits per heavy atom. The van der Waals surface area contributed by atoms with Crippen LogP contribution in [0.4, 0.5) is 9.18 Å². The number of hydrogen-bond donors (Lipinski definition) is 1. The fourth-order valence-corrected chi connectivity index (χ4v) is 4.62. The van der Waals surface area contributed by atoms with Crippen LogP contribution in [0.1, 0.15) is 33.6 Å². The van der Waals surface area contributed by atoms with Gasteiger partial charge >= 0.3 is 6.09 Å². The van der Waals surface area contributed by atoms with Gasteiger partial charge in [0.2, 0.25) is 0 Å². The lowest BCUT2D eigenvalue weighted by atomic mass is 10.0. The predicted molar refractivity (Wildman–Crippen MR) is 136 cm³/mol. The number of halogens is 1. The van der Waals surface area contributed by atoms with Crippen LogP contribution < -0.4 is 4.74 Å². The molecule has 1 unspecified atom stereocenters. The normalized spacial score (nSPS) is 15.9. The molecule has 0 radical (unpaired) electrons. The van der Waals surface area contributed by atoms with Crippen LogP contribution in [0.2, 0.25) is 0 Å². The monoisotopic (exact) mass is 488 g/mol. The highest BCUT2D eigenvalue weighted by molar-refractivity contribution is 6.02. The van der Waals surface area contributed by atoms with Crippen LogP contribution in [0, 0.1) is 5.82 Å². The zero-order chi connectivity index (χ0) is 25.3. The Morgan fingerprint density at radius 3 is 2.72 bits per heavy atom. The number of nitrogens with zero attached hydrogens (tertiary/aromatic N) is 3. The van der Waals surface area contributed by atoms with Crippen LogP contribution in [-0.2, 0) is 4.74 Å². The maximum Gasteiger partial charge on any atom is 0.410 e. The molecule has 1 N–H and O–H groups in total. The first kappa shape index (κ1) is 23.8. The fraction of sp³-hybridized carbons (Fsp3) is 0.321. The molecule has 1 amide bonds. The second kappa shape index (κ2) is 9.60. The molecule has 1 aliphatic heterocycles. The van der Waals surface area contributed by atoms with E-state index in [9.17, 15) is 4.79 Å². The van der Waals surface area contributed by atoms with E-state index in [1.165, 1.54) is 12.4 Å². The summed E-state index contributed by atoms with van der Waals surface area (Å²) in [6.45, 7) is 6.34. The van der Waals surface area contributed by atoms with E-state index < -0.39 is 11.4 Å². The van der Waals surface area contributed by atoms with E-state index >= 15 is 4.39 Å². The topological polar surface area (TPSA) is 80.3 Å². The smallest absolute Gasteiger partial charge is 0.410 e. The van der Waals surface area contributed by atoms with Crippen LogP contribution in [0.25, 0.3) is 33.4 Å². The van der Waals surface area contributed by atoms with E-state index in [4.69, 9.17) is 9.47 Å². The Balaban J connectivity index is 1.50. The van der Waals surface area contributed by atoms with Crippen molar-refractivity contribution in [3.8, 4) is 28.1 Å². The predicted octanol–water partition coefficient (Wildman–Crippen LogP) is 6.21. The average Bonchev–Trinajstić information content (AvgIpc) is 3.47. The number of carbonyl (C=O) groups is 1. The van der Waals surface area contributed by atoms with Gasteiger partial charge in [0.05, 0.1) is 40.7 Å². The zero-order valence-corrected chi connectivity index (χ0v) is 20.6. The molecule has 4 heterocycles. The summed E-state index contributed by atoms with van der Waals surface area (Å²) in [5.41, 5.74) is 3.50. The number of H-pyrrole nitrogens is 1. The number of aromatic amines is 1. The zero-order valence-electron chi connectivity index (χ0n) is 20.6. The molecule has 0 bridgehead atoms. The molecule has 7 nitrogen and oxygen atoms in total. The minimum atomic E-state index is -0.581. The van der Waals surface area contributed by atoms with Gasteiger partial charge in [-0.15, -0.1) is 0 Å². The second-order valence-corrected chi connectivity index (χ2v) is 9.92. The second-order valence-electron chi connectivity index (χ2n) is 9.92. The number of likely N-dealkylation sites (tertiary alicyclic amines) is 1. The highest BCUT2D eigenvalue weighted by Crippen LogP contribution is 2.42. The highest BCUT2D eigenvalue weighted by Gasteiger charge is 2.33. The van der Waals surface area contributed by atoms with Crippen molar-refractivity contribution in [3.05, 3.63) is 66.9 Å². The van der Waals surface area contributed by atoms with Crippen molar-refractivity contribution in [1.82, 2.24) is 19.9 Å². The minimum absolute atomic E-state index is 0.172. The van der Waals surface area contributed by atoms with Crippen molar-refractivity contribution in [1.29, 1.82) is 0 Å². The largest absolute Gasteiger partial charge is 0.489 e. The van der Waals surface area contributed by atoms with Gasteiger partial charge in [-0.3, -0.25) is 9.97 Å². The Labute approximate surface area is 209 Å². The third-order valence-corrected chi connectivity index (χ3v) is 6.17. The minimum Gasteiger partial charge on any atom is -0.489 e. The van der Waals surface area contributed by atoms with Crippen molar-refractivity contribution >= 4 is 17.1 Å². The molecule has 1 fully saturated rings. The van der Waals surface area contributed by atoms with Crippen molar-refractivity contribution in [2.75, 3.05) is 13.2 Å². The van der Waals surface area contributed by atoms with Gasteiger partial charge in [0, 0.05) is 18.3 Å². The number of benzene rings is 1. The highest BCUT2D eigenvalue weighted by atomic mass is 19.1. The summed E-state index contributed by atoms with van der Waals surface area (Å²) in [7, 11) is 0. The van der Waals surface area contributed by atoms with E-state index in [1.807, 2.05) is 63.2 Å². The average molecular weight is 489 g/mol. The molecule has 1 aliphatic rings. The van der Waals surface area contributed by atoms with E-state index in [-0.39, 0.29) is 24.3 Å². The molecule has 0 saturated carbocycles. The summed E-state index contributed by atoms with van der Waals surface area (Å²) < 4.78 is 27.1. The number of hydrogen-bond acceptors (Lipinski definition) is 5.